The van der Waals surface area contributed by atoms with Crippen LogP contribution < -0.4 is 4.74 Å². The summed E-state index contributed by atoms with van der Waals surface area (Å²) in [5, 5.41) is 18.0. The normalized spacial score (nSPS) is 9.88. The summed E-state index contributed by atoms with van der Waals surface area (Å²) < 4.78 is 18.5. The number of phenols is 1. The number of ether oxygens (including phenoxy) is 1. The first-order valence-electron chi connectivity index (χ1n) is 4.45. The van der Waals surface area contributed by atoms with Crippen LogP contribution in [0.2, 0.25) is 0 Å². The van der Waals surface area contributed by atoms with Crippen molar-refractivity contribution in [3.8, 4) is 11.5 Å². The van der Waals surface area contributed by atoms with Gasteiger partial charge in [-0.25, -0.2) is 9.18 Å². The molecule has 4 nitrogen and oxygen atoms in total. The maximum Gasteiger partial charge on any atom is 0.338 e. The highest BCUT2D eigenvalue weighted by Crippen LogP contribution is 2.31. The van der Waals surface area contributed by atoms with Gasteiger partial charge in [-0.15, -0.1) is 0 Å². The van der Waals surface area contributed by atoms with E-state index in [0.29, 0.717) is 5.57 Å². The molecule has 0 aliphatic rings. The van der Waals surface area contributed by atoms with Gasteiger partial charge in [-0.2, -0.15) is 0 Å². The number of hydrogen-bond donors (Lipinski definition) is 2. The van der Waals surface area contributed by atoms with Gasteiger partial charge in [0.15, 0.2) is 17.3 Å². The zero-order valence-electron chi connectivity index (χ0n) is 8.66. The van der Waals surface area contributed by atoms with Crippen LogP contribution >= 0.6 is 0 Å². The fraction of sp³-hybridized carbons (Fsp3) is 0.182. The fourth-order valence-electron chi connectivity index (χ4n) is 1.04. The summed E-state index contributed by atoms with van der Waals surface area (Å²) in [7, 11) is 0. The lowest BCUT2D eigenvalue weighted by Gasteiger charge is -2.10. The van der Waals surface area contributed by atoms with Gasteiger partial charge in [0, 0.05) is 0 Å². The molecule has 0 amide bonds. The van der Waals surface area contributed by atoms with Crippen LogP contribution in [0.25, 0.3) is 0 Å². The summed E-state index contributed by atoms with van der Waals surface area (Å²) in [5.41, 5.74) is 0.0778. The summed E-state index contributed by atoms with van der Waals surface area (Å²) in [6, 6.07) is 2.04. The smallest absolute Gasteiger partial charge is 0.338 e. The minimum absolute atomic E-state index is 0.00749. The van der Waals surface area contributed by atoms with Crippen LogP contribution in [-0.4, -0.2) is 22.8 Å². The number of carbonyl (C=O) groups is 1. The second kappa shape index (κ2) is 4.65. The van der Waals surface area contributed by atoms with Crippen molar-refractivity contribution in [2.75, 3.05) is 6.61 Å². The molecule has 0 bridgehead atoms. The second-order valence-electron chi connectivity index (χ2n) is 3.33. The summed E-state index contributed by atoms with van der Waals surface area (Å²) in [6.45, 7) is 5.21. The van der Waals surface area contributed by atoms with Gasteiger partial charge in [-0.3, -0.25) is 0 Å². The number of phenolic OH excluding ortho intramolecular Hbond substituents is 1. The maximum absolute atomic E-state index is 13.5. The highest BCUT2D eigenvalue weighted by atomic mass is 19.1. The number of benzene rings is 1. The minimum atomic E-state index is -1.42. The van der Waals surface area contributed by atoms with Crippen molar-refractivity contribution < 1.29 is 24.1 Å². The third kappa shape index (κ3) is 2.50. The van der Waals surface area contributed by atoms with Gasteiger partial charge in [0.05, 0.1) is 5.56 Å². The van der Waals surface area contributed by atoms with Crippen LogP contribution in [0.5, 0.6) is 11.5 Å². The van der Waals surface area contributed by atoms with Gasteiger partial charge in [0.1, 0.15) is 6.61 Å². The van der Waals surface area contributed by atoms with E-state index in [2.05, 4.69) is 6.58 Å². The molecule has 0 spiro atoms. The summed E-state index contributed by atoms with van der Waals surface area (Å²) in [6.07, 6.45) is 0. The number of hydrogen-bond acceptors (Lipinski definition) is 3. The van der Waals surface area contributed by atoms with Crippen LogP contribution in [0, 0.1) is 5.82 Å². The van der Waals surface area contributed by atoms with Crippen LogP contribution in [0.15, 0.2) is 24.3 Å². The maximum atomic E-state index is 13.5. The van der Waals surface area contributed by atoms with E-state index < -0.39 is 28.8 Å². The Morgan fingerprint density at radius 2 is 2.19 bits per heavy atom. The van der Waals surface area contributed by atoms with E-state index in [-0.39, 0.29) is 6.61 Å². The average molecular weight is 226 g/mol. The van der Waals surface area contributed by atoms with E-state index in [1.54, 1.807) is 6.92 Å². The van der Waals surface area contributed by atoms with Crippen LogP contribution in [-0.2, 0) is 0 Å². The molecule has 0 aromatic heterocycles. The van der Waals surface area contributed by atoms with E-state index in [9.17, 15) is 14.3 Å². The van der Waals surface area contributed by atoms with E-state index >= 15 is 0 Å². The molecule has 2 N–H and O–H groups in total. The third-order valence-corrected chi connectivity index (χ3v) is 1.77. The number of aromatic hydroxyl groups is 1. The van der Waals surface area contributed by atoms with Crippen LogP contribution in [0.3, 0.4) is 0 Å². The molecular weight excluding hydrogens is 215 g/mol. The molecule has 0 aliphatic heterocycles. The largest absolute Gasteiger partial charge is 0.504 e. The summed E-state index contributed by atoms with van der Waals surface area (Å²) >= 11 is 0. The quantitative estimate of drug-likeness (QED) is 0.772. The lowest BCUT2D eigenvalue weighted by Crippen LogP contribution is -2.05. The molecule has 0 heterocycles. The zero-order valence-corrected chi connectivity index (χ0v) is 8.66. The lowest BCUT2D eigenvalue weighted by atomic mass is 10.2. The van der Waals surface area contributed by atoms with Gasteiger partial charge < -0.3 is 14.9 Å². The molecule has 0 radical (unpaired) electrons. The molecule has 0 fully saturated rings. The molecule has 86 valence electrons. The third-order valence-electron chi connectivity index (χ3n) is 1.77. The van der Waals surface area contributed by atoms with Crippen LogP contribution in [0.4, 0.5) is 4.39 Å². The molecular formula is C11H11FO4. The Kier molecular flexibility index (Phi) is 3.50. The summed E-state index contributed by atoms with van der Waals surface area (Å²) in [5.74, 6) is -3.42. The molecule has 0 aliphatic carbocycles. The Morgan fingerprint density at radius 1 is 1.56 bits per heavy atom. The predicted octanol–water partition coefficient (Wildman–Crippen LogP) is 2.18. The first-order valence-corrected chi connectivity index (χ1v) is 4.45. The van der Waals surface area contributed by atoms with Gasteiger partial charge in [0.2, 0.25) is 0 Å². The van der Waals surface area contributed by atoms with Crippen LogP contribution in [0.1, 0.15) is 17.3 Å². The Morgan fingerprint density at radius 3 is 2.69 bits per heavy atom. The number of aromatic carboxylic acids is 1. The molecule has 0 atom stereocenters. The molecule has 0 unspecified atom stereocenters. The van der Waals surface area contributed by atoms with Crippen molar-refractivity contribution in [1.82, 2.24) is 0 Å². The number of rotatable bonds is 4. The SMILES string of the molecule is C=C(C)COc1c(O)ccc(C(=O)O)c1F. The van der Waals surface area contributed by atoms with E-state index in [0.717, 1.165) is 12.1 Å². The average Bonchev–Trinajstić information content (AvgIpc) is 2.16. The molecule has 5 heteroatoms. The van der Waals surface area contributed by atoms with Crippen molar-refractivity contribution in [2.24, 2.45) is 0 Å². The lowest BCUT2D eigenvalue weighted by molar-refractivity contribution is 0.0690. The Hall–Kier alpha value is -2.04. The van der Waals surface area contributed by atoms with E-state index in [4.69, 9.17) is 9.84 Å². The standard InChI is InChI=1S/C11H11FO4/c1-6(2)5-16-10-8(13)4-3-7(9(10)12)11(14)15/h3-4,13H,1,5H2,2H3,(H,14,15). The predicted molar refractivity (Wildman–Crippen MR) is 55.3 cm³/mol. The molecule has 1 rings (SSSR count). The second-order valence-corrected chi connectivity index (χ2v) is 3.33. The molecule has 16 heavy (non-hydrogen) atoms. The van der Waals surface area contributed by atoms with Gasteiger partial charge in [0.25, 0.3) is 0 Å². The Balaban J connectivity index is 3.11. The van der Waals surface area contributed by atoms with Gasteiger partial charge >= 0.3 is 5.97 Å². The topological polar surface area (TPSA) is 66.8 Å². The van der Waals surface area contributed by atoms with Crippen molar-refractivity contribution in [1.29, 1.82) is 0 Å². The number of carboxylic acids is 1. The minimum Gasteiger partial charge on any atom is -0.504 e. The highest BCUT2D eigenvalue weighted by Gasteiger charge is 2.18. The Bertz CT molecular complexity index is 440. The Labute approximate surface area is 91.6 Å². The van der Waals surface area contributed by atoms with E-state index in [1.807, 2.05) is 0 Å². The molecule has 1 aromatic carbocycles. The molecule has 1 aromatic rings. The van der Waals surface area contributed by atoms with Crippen molar-refractivity contribution in [3.05, 3.63) is 35.7 Å². The molecule has 0 saturated carbocycles. The molecule has 0 saturated heterocycles. The highest BCUT2D eigenvalue weighted by molar-refractivity contribution is 5.88. The number of carboxylic acid groups (broad SMARTS) is 1. The first kappa shape index (κ1) is 12.0. The zero-order chi connectivity index (χ0) is 12.3. The van der Waals surface area contributed by atoms with E-state index in [1.165, 1.54) is 0 Å². The fourth-order valence-corrected chi connectivity index (χ4v) is 1.04. The van der Waals surface area contributed by atoms with Crippen molar-refractivity contribution in [3.63, 3.8) is 0 Å². The van der Waals surface area contributed by atoms with Gasteiger partial charge in [-0.05, 0) is 24.6 Å². The van der Waals surface area contributed by atoms with Crippen molar-refractivity contribution >= 4 is 5.97 Å². The monoisotopic (exact) mass is 226 g/mol. The number of halogens is 1. The van der Waals surface area contributed by atoms with Gasteiger partial charge in [-0.1, -0.05) is 6.58 Å². The first-order chi connectivity index (χ1) is 7.43. The summed E-state index contributed by atoms with van der Waals surface area (Å²) in [4.78, 5) is 10.6. The van der Waals surface area contributed by atoms with Crippen molar-refractivity contribution in [2.45, 2.75) is 6.92 Å².